The second kappa shape index (κ2) is 8.73. The molecule has 24 heavy (non-hydrogen) atoms. The molecule has 0 saturated heterocycles. The summed E-state index contributed by atoms with van der Waals surface area (Å²) >= 11 is 0. The van der Waals surface area contributed by atoms with Crippen molar-refractivity contribution in [3.8, 4) is 11.8 Å². The molecule has 0 aliphatic heterocycles. The van der Waals surface area contributed by atoms with Crippen molar-refractivity contribution in [1.29, 1.82) is 0 Å². The molecule has 2 heterocycles. The average molecular weight is 321 g/mol. The lowest BCUT2D eigenvalue weighted by molar-refractivity contribution is 0.401. The van der Waals surface area contributed by atoms with Gasteiger partial charge in [0, 0.05) is 30.4 Å². The molecule has 0 radical (unpaired) electrons. The van der Waals surface area contributed by atoms with Gasteiger partial charge in [0.05, 0.1) is 6.54 Å². The molecule has 0 unspecified atom stereocenters. The monoisotopic (exact) mass is 321 g/mol. The second-order valence-electron chi connectivity index (χ2n) is 5.12. The summed E-state index contributed by atoms with van der Waals surface area (Å²) in [7, 11) is 0. The lowest BCUT2D eigenvalue weighted by atomic mass is 10.1. The average Bonchev–Trinajstić information content (AvgIpc) is 3.26. The van der Waals surface area contributed by atoms with Gasteiger partial charge in [-0.15, -0.1) is 0 Å². The number of aromatic nitrogens is 3. The highest BCUT2D eigenvalue weighted by Gasteiger charge is 2.05. The van der Waals surface area contributed by atoms with Gasteiger partial charge >= 0.3 is 0 Å². The van der Waals surface area contributed by atoms with Gasteiger partial charge in [0.15, 0.2) is 0 Å². The third kappa shape index (κ3) is 4.60. The van der Waals surface area contributed by atoms with Crippen molar-refractivity contribution >= 4 is 0 Å². The molecular weight excluding hydrogens is 298 g/mol. The van der Waals surface area contributed by atoms with Crippen LogP contribution in [0.5, 0.6) is 0 Å². The van der Waals surface area contributed by atoms with Crippen molar-refractivity contribution in [3.63, 3.8) is 0 Å². The first-order chi connectivity index (χ1) is 11.7. The van der Waals surface area contributed by atoms with Gasteiger partial charge in [0.1, 0.15) is 11.5 Å². The number of aryl methyl sites for hydroxylation is 2. The van der Waals surface area contributed by atoms with Gasteiger partial charge in [-0.05, 0) is 25.0 Å². The lowest BCUT2D eigenvalue weighted by Crippen LogP contribution is -2.03. The molecule has 3 rings (SSSR count). The van der Waals surface area contributed by atoms with Crippen LogP contribution in [-0.2, 0) is 13.0 Å². The van der Waals surface area contributed by atoms with E-state index in [2.05, 4.69) is 40.4 Å². The van der Waals surface area contributed by atoms with Gasteiger partial charge in [-0.2, -0.15) is 0 Å². The zero-order chi connectivity index (χ0) is 17.4. The molecule has 0 aliphatic rings. The predicted molar refractivity (Wildman–Crippen MR) is 95.7 cm³/mol. The minimum Gasteiger partial charge on any atom is -0.347 e. The molecule has 0 saturated carbocycles. The Kier molecular flexibility index (Phi) is 6.39. The Bertz CT molecular complexity index is 816. The smallest absolute Gasteiger partial charge is 0.210 e. The zero-order valence-corrected chi connectivity index (χ0v) is 14.7. The minimum atomic E-state index is 0.578. The Morgan fingerprint density at radius 1 is 1.12 bits per heavy atom. The highest BCUT2D eigenvalue weighted by atomic mass is 16.5. The summed E-state index contributed by atoms with van der Waals surface area (Å²) in [5.74, 6) is 7.70. The van der Waals surface area contributed by atoms with Crippen molar-refractivity contribution in [3.05, 3.63) is 71.1 Å². The Balaban J connectivity index is 0.00000100. The molecule has 0 spiro atoms. The first kappa shape index (κ1) is 17.6. The third-order valence-electron chi connectivity index (χ3n) is 3.39. The van der Waals surface area contributed by atoms with Gasteiger partial charge in [-0.1, -0.05) is 49.5 Å². The van der Waals surface area contributed by atoms with E-state index in [0.29, 0.717) is 12.3 Å². The van der Waals surface area contributed by atoms with Crippen molar-refractivity contribution in [2.24, 2.45) is 0 Å². The maximum absolute atomic E-state index is 5.28. The van der Waals surface area contributed by atoms with Gasteiger partial charge in [-0.3, -0.25) is 0 Å². The van der Waals surface area contributed by atoms with Gasteiger partial charge in [0.25, 0.3) is 0 Å². The van der Waals surface area contributed by atoms with Crippen LogP contribution in [0.3, 0.4) is 0 Å². The number of rotatable bonds is 3. The summed E-state index contributed by atoms with van der Waals surface area (Å²) in [6, 6.07) is 9.96. The Morgan fingerprint density at radius 3 is 2.58 bits per heavy atom. The number of nitrogens with zero attached hydrogens (tertiary/aromatic N) is 3. The summed E-state index contributed by atoms with van der Waals surface area (Å²) in [6.07, 6.45) is 4.65. The van der Waals surface area contributed by atoms with Crippen LogP contribution in [0.2, 0.25) is 0 Å². The normalized spacial score (nSPS) is 9.67. The van der Waals surface area contributed by atoms with E-state index in [1.54, 1.807) is 6.20 Å². The predicted octanol–water partition coefficient (Wildman–Crippen LogP) is 4.22. The van der Waals surface area contributed by atoms with Gasteiger partial charge < -0.3 is 9.09 Å². The molecule has 2 aromatic heterocycles. The number of hydrogen-bond acceptors (Lipinski definition) is 3. The van der Waals surface area contributed by atoms with Crippen LogP contribution in [-0.4, -0.2) is 14.7 Å². The number of hydrogen-bond donors (Lipinski definition) is 0. The lowest BCUT2D eigenvalue weighted by Gasteiger charge is -2.02. The van der Waals surface area contributed by atoms with Crippen molar-refractivity contribution in [2.45, 2.75) is 40.7 Å². The van der Waals surface area contributed by atoms with E-state index in [1.165, 1.54) is 5.56 Å². The highest BCUT2D eigenvalue weighted by Crippen LogP contribution is 2.08. The molecule has 0 fully saturated rings. The third-order valence-corrected chi connectivity index (χ3v) is 3.39. The Hall–Kier alpha value is -2.80. The number of imidazole rings is 1. The van der Waals surface area contributed by atoms with Crippen molar-refractivity contribution in [1.82, 2.24) is 14.7 Å². The summed E-state index contributed by atoms with van der Waals surface area (Å²) in [6.45, 7) is 8.79. The maximum atomic E-state index is 5.28. The second-order valence-corrected chi connectivity index (χ2v) is 5.12. The molecule has 4 nitrogen and oxygen atoms in total. The Labute approximate surface area is 143 Å². The molecule has 4 heteroatoms. The SMILES string of the molecule is CC.CCc1nccn1Cc1cc(C#Cc2ccc(C)cc2)on1. The summed E-state index contributed by atoms with van der Waals surface area (Å²) < 4.78 is 7.34. The molecule has 1 aromatic carbocycles. The molecule has 0 bridgehead atoms. The fourth-order valence-electron chi connectivity index (χ4n) is 2.19. The molecular formula is C20H23N3O. The molecule has 0 aliphatic carbocycles. The van der Waals surface area contributed by atoms with Crippen LogP contribution >= 0.6 is 0 Å². The molecule has 0 N–H and O–H groups in total. The topological polar surface area (TPSA) is 43.9 Å². The van der Waals surface area contributed by atoms with E-state index in [9.17, 15) is 0 Å². The first-order valence-corrected chi connectivity index (χ1v) is 8.29. The van der Waals surface area contributed by atoms with E-state index in [4.69, 9.17) is 4.52 Å². The van der Waals surface area contributed by atoms with Crippen LogP contribution in [0.1, 0.15) is 49.2 Å². The van der Waals surface area contributed by atoms with E-state index >= 15 is 0 Å². The summed E-state index contributed by atoms with van der Waals surface area (Å²) in [5, 5.41) is 4.07. The number of benzene rings is 1. The van der Waals surface area contributed by atoms with E-state index in [-0.39, 0.29) is 0 Å². The van der Waals surface area contributed by atoms with E-state index < -0.39 is 0 Å². The fourth-order valence-corrected chi connectivity index (χ4v) is 2.19. The standard InChI is InChI=1S/C18H17N3O.C2H6/c1-3-18-19-10-11-21(18)13-16-12-17(22-20-16)9-8-15-6-4-14(2)5-7-15;1-2/h4-7,10-12H,3,13H2,1-2H3;1-2H3. The van der Waals surface area contributed by atoms with Gasteiger partial charge in [0.2, 0.25) is 5.76 Å². The van der Waals surface area contributed by atoms with Crippen LogP contribution in [0.4, 0.5) is 0 Å². The van der Waals surface area contributed by atoms with Crippen molar-refractivity contribution < 1.29 is 4.52 Å². The largest absolute Gasteiger partial charge is 0.347 e. The van der Waals surface area contributed by atoms with Crippen LogP contribution < -0.4 is 0 Å². The Morgan fingerprint density at radius 2 is 1.88 bits per heavy atom. The molecule has 0 atom stereocenters. The molecule has 0 amide bonds. The quantitative estimate of drug-likeness (QED) is 0.679. The maximum Gasteiger partial charge on any atom is 0.210 e. The van der Waals surface area contributed by atoms with E-state index in [0.717, 1.165) is 23.5 Å². The molecule has 124 valence electrons. The van der Waals surface area contributed by atoms with Crippen molar-refractivity contribution in [2.75, 3.05) is 0 Å². The summed E-state index contributed by atoms with van der Waals surface area (Å²) in [4.78, 5) is 4.30. The van der Waals surface area contributed by atoms with E-state index in [1.807, 2.05) is 50.4 Å². The zero-order valence-electron chi connectivity index (χ0n) is 14.7. The van der Waals surface area contributed by atoms with Crippen LogP contribution in [0.15, 0.2) is 47.2 Å². The highest BCUT2D eigenvalue weighted by molar-refractivity contribution is 5.40. The molecule has 3 aromatic rings. The van der Waals surface area contributed by atoms with Gasteiger partial charge in [-0.25, -0.2) is 4.98 Å². The van der Waals surface area contributed by atoms with Crippen LogP contribution in [0.25, 0.3) is 0 Å². The summed E-state index contributed by atoms with van der Waals surface area (Å²) in [5.41, 5.74) is 3.03. The van der Waals surface area contributed by atoms with Crippen LogP contribution in [0, 0.1) is 18.8 Å². The first-order valence-electron chi connectivity index (χ1n) is 8.29. The minimum absolute atomic E-state index is 0.578. The fraction of sp³-hybridized carbons (Fsp3) is 0.300.